The van der Waals surface area contributed by atoms with Gasteiger partial charge < -0.3 is 19.6 Å². The van der Waals surface area contributed by atoms with E-state index in [-0.39, 0.29) is 5.88 Å². The van der Waals surface area contributed by atoms with E-state index in [0.717, 1.165) is 44.1 Å². The molecular weight excluding hydrogens is 426 g/mol. The van der Waals surface area contributed by atoms with Crippen LogP contribution in [0.25, 0.3) is 32.8 Å². The van der Waals surface area contributed by atoms with E-state index in [0.29, 0.717) is 19.4 Å². The number of benzene rings is 4. The van der Waals surface area contributed by atoms with Crippen molar-refractivity contribution in [3.63, 3.8) is 0 Å². The molecule has 5 nitrogen and oxygen atoms in total. The number of hydrogen-bond acceptors (Lipinski definition) is 3. The molecule has 0 aliphatic rings. The van der Waals surface area contributed by atoms with Crippen molar-refractivity contribution in [3.05, 3.63) is 96.1 Å². The summed E-state index contributed by atoms with van der Waals surface area (Å²) in [6.07, 6.45) is 0.00178. The van der Waals surface area contributed by atoms with Gasteiger partial charge in [0.05, 0.1) is 6.61 Å². The van der Waals surface area contributed by atoms with E-state index in [4.69, 9.17) is 9.47 Å². The van der Waals surface area contributed by atoms with Gasteiger partial charge >= 0.3 is 6.16 Å². The zero-order chi connectivity index (χ0) is 23.5. The molecule has 0 radical (unpaired) electrons. The van der Waals surface area contributed by atoms with Crippen LogP contribution >= 0.6 is 0 Å². The van der Waals surface area contributed by atoms with Gasteiger partial charge in [-0.3, -0.25) is 0 Å². The minimum absolute atomic E-state index is 0.273. The highest BCUT2D eigenvalue weighted by Crippen LogP contribution is 2.34. The number of nitrogens with one attached hydrogen (secondary N) is 1. The van der Waals surface area contributed by atoms with Crippen molar-refractivity contribution < 1.29 is 19.4 Å². The van der Waals surface area contributed by atoms with Crippen LogP contribution < -0.4 is 9.47 Å². The highest BCUT2D eigenvalue weighted by molar-refractivity contribution is 5.91. The number of ether oxygens (including phenoxy) is 2. The molecule has 34 heavy (non-hydrogen) atoms. The first kappa shape index (κ1) is 21.6. The van der Waals surface area contributed by atoms with Gasteiger partial charge in [-0.25, -0.2) is 4.79 Å². The Balaban J connectivity index is 1.38. The van der Waals surface area contributed by atoms with Crippen molar-refractivity contribution in [1.29, 1.82) is 0 Å². The van der Waals surface area contributed by atoms with Crippen molar-refractivity contribution >= 4 is 27.8 Å². The number of carbonyl (C=O) groups is 1. The molecule has 0 bridgehead atoms. The number of H-pyrrole nitrogens is 1. The third-order valence-corrected chi connectivity index (χ3v) is 6.09. The molecule has 0 aliphatic carbocycles. The Morgan fingerprint density at radius 3 is 2.56 bits per heavy atom. The van der Waals surface area contributed by atoms with Gasteiger partial charge in [0.2, 0.25) is 5.88 Å². The lowest BCUT2D eigenvalue weighted by atomic mass is 9.98. The quantitative estimate of drug-likeness (QED) is 0.200. The molecule has 1 heterocycles. The van der Waals surface area contributed by atoms with Gasteiger partial charge in [0.1, 0.15) is 5.75 Å². The number of aryl methyl sites for hydroxylation is 2. The largest absolute Gasteiger partial charge is 0.512 e. The molecule has 0 atom stereocenters. The predicted molar refractivity (Wildman–Crippen MR) is 135 cm³/mol. The lowest BCUT2D eigenvalue weighted by Gasteiger charge is -2.10. The lowest BCUT2D eigenvalue weighted by Crippen LogP contribution is -2.06. The first-order chi connectivity index (χ1) is 16.6. The Labute approximate surface area is 197 Å². The van der Waals surface area contributed by atoms with Crippen LogP contribution in [0.5, 0.6) is 11.6 Å². The summed E-state index contributed by atoms with van der Waals surface area (Å²) in [6.45, 7) is 2.59. The summed E-state index contributed by atoms with van der Waals surface area (Å²) in [6, 6.07) is 28.5. The summed E-state index contributed by atoms with van der Waals surface area (Å²) >= 11 is 0. The standard InChI is InChI=1S/C29H25NO4/c1-19-8-2-4-11-22(19)21-15-16-24-25(28(34-29(31)32)30-26(24)18-21)13-7-17-33-27-14-6-10-20-9-3-5-12-23(20)27/h2-6,8-12,14-16,18,30H,7,13,17H2,1H3,(H,31,32). The number of aromatic nitrogens is 1. The smallest absolute Gasteiger partial charge is 0.493 e. The number of carboxylic acid groups (broad SMARTS) is 1. The molecule has 0 amide bonds. The third-order valence-electron chi connectivity index (χ3n) is 6.09. The summed E-state index contributed by atoms with van der Waals surface area (Å²) in [5, 5.41) is 12.4. The second-order valence-electron chi connectivity index (χ2n) is 8.31. The van der Waals surface area contributed by atoms with E-state index in [1.165, 1.54) is 5.56 Å². The highest BCUT2D eigenvalue weighted by Gasteiger charge is 2.16. The SMILES string of the molecule is Cc1ccccc1-c1ccc2c(CCCOc3cccc4ccccc34)c(OC(=O)O)[nH]c2c1. The monoisotopic (exact) mass is 451 g/mol. The Morgan fingerprint density at radius 1 is 0.912 bits per heavy atom. The average molecular weight is 452 g/mol. The normalized spacial score (nSPS) is 11.1. The summed E-state index contributed by atoms with van der Waals surface area (Å²) in [4.78, 5) is 14.5. The van der Waals surface area contributed by atoms with Crippen LogP contribution in [0.15, 0.2) is 84.9 Å². The first-order valence-corrected chi connectivity index (χ1v) is 11.3. The molecule has 0 fully saturated rings. The fraction of sp³-hybridized carbons (Fsp3) is 0.138. The van der Waals surface area contributed by atoms with E-state index >= 15 is 0 Å². The predicted octanol–water partition coefficient (Wildman–Crippen LogP) is 7.36. The first-order valence-electron chi connectivity index (χ1n) is 11.3. The molecule has 0 saturated carbocycles. The molecular formula is C29H25NO4. The van der Waals surface area contributed by atoms with E-state index in [9.17, 15) is 9.90 Å². The fourth-order valence-corrected chi connectivity index (χ4v) is 4.47. The van der Waals surface area contributed by atoms with Crippen LogP contribution in [0.2, 0.25) is 0 Å². The number of aromatic amines is 1. The minimum atomic E-state index is -1.33. The second kappa shape index (κ2) is 9.32. The molecule has 0 unspecified atom stereocenters. The average Bonchev–Trinajstić information content (AvgIpc) is 3.17. The van der Waals surface area contributed by atoms with Gasteiger partial charge in [0.25, 0.3) is 0 Å². The molecule has 170 valence electrons. The Hall–Kier alpha value is -4.25. The topological polar surface area (TPSA) is 71.6 Å². The number of fused-ring (bicyclic) bond motifs is 2. The molecule has 0 saturated heterocycles. The summed E-state index contributed by atoms with van der Waals surface area (Å²) in [5.74, 6) is 1.12. The maximum absolute atomic E-state index is 11.3. The Kier molecular flexibility index (Phi) is 5.91. The van der Waals surface area contributed by atoms with Crippen molar-refractivity contribution in [1.82, 2.24) is 4.98 Å². The van der Waals surface area contributed by atoms with Gasteiger partial charge in [-0.05, 0) is 54.0 Å². The van der Waals surface area contributed by atoms with Crippen LogP contribution in [0.1, 0.15) is 17.5 Å². The maximum atomic E-state index is 11.3. The van der Waals surface area contributed by atoms with Crippen molar-refractivity contribution in [3.8, 4) is 22.8 Å². The Bertz CT molecular complexity index is 1480. The van der Waals surface area contributed by atoms with Gasteiger partial charge in [-0.15, -0.1) is 0 Å². The van der Waals surface area contributed by atoms with Crippen molar-refractivity contribution in [2.24, 2.45) is 0 Å². The van der Waals surface area contributed by atoms with Crippen molar-refractivity contribution in [2.45, 2.75) is 19.8 Å². The third kappa shape index (κ3) is 4.33. The van der Waals surface area contributed by atoms with Gasteiger partial charge in [-0.1, -0.05) is 72.8 Å². The Morgan fingerprint density at radius 2 is 1.71 bits per heavy atom. The zero-order valence-electron chi connectivity index (χ0n) is 18.9. The van der Waals surface area contributed by atoms with Gasteiger partial charge in [0, 0.05) is 21.9 Å². The van der Waals surface area contributed by atoms with Crippen LogP contribution in [-0.2, 0) is 6.42 Å². The van der Waals surface area contributed by atoms with Gasteiger partial charge in [-0.2, -0.15) is 0 Å². The molecule has 5 heteroatoms. The summed E-state index contributed by atoms with van der Waals surface area (Å²) < 4.78 is 11.2. The molecule has 0 spiro atoms. The number of hydrogen-bond donors (Lipinski definition) is 2. The highest BCUT2D eigenvalue weighted by atomic mass is 16.7. The van der Waals surface area contributed by atoms with Crippen LogP contribution in [-0.4, -0.2) is 22.9 Å². The number of rotatable bonds is 7. The van der Waals surface area contributed by atoms with E-state index in [1.54, 1.807) is 0 Å². The molecule has 0 aliphatic heterocycles. The minimum Gasteiger partial charge on any atom is -0.493 e. The van der Waals surface area contributed by atoms with E-state index in [1.807, 2.05) is 48.5 Å². The van der Waals surface area contributed by atoms with Crippen LogP contribution in [0, 0.1) is 6.92 Å². The zero-order valence-corrected chi connectivity index (χ0v) is 18.9. The van der Waals surface area contributed by atoms with Crippen LogP contribution in [0.3, 0.4) is 0 Å². The van der Waals surface area contributed by atoms with E-state index in [2.05, 4.69) is 48.3 Å². The molecule has 4 aromatic carbocycles. The van der Waals surface area contributed by atoms with Crippen molar-refractivity contribution in [2.75, 3.05) is 6.61 Å². The fourth-order valence-electron chi connectivity index (χ4n) is 4.47. The second-order valence-corrected chi connectivity index (χ2v) is 8.31. The summed E-state index contributed by atoms with van der Waals surface area (Å²) in [7, 11) is 0. The lowest BCUT2D eigenvalue weighted by molar-refractivity contribution is 0.142. The summed E-state index contributed by atoms with van der Waals surface area (Å²) in [5.41, 5.74) is 5.09. The maximum Gasteiger partial charge on any atom is 0.512 e. The van der Waals surface area contributed by atoms with Crippen LogP contribution in [0.4, 0.5) is 4.79 Å². The molecule has 2 N–H and O–H groups in total. The van der Waals surface area contributed by atoms with E-state index < -0.39 is 6.16 Å². The van der Waals surface area contributed by atoms with Gasteiger partial charge in [0.15, 0.2) is 0 Å². The molecule has 5 aromatic rings. The molecule has 5 rings (SSSR count). The molecule has 1 aromatic heterocycles.